The van der Waals surface area contributed by atoms with Gasteiger partial charge in [0.05, 0.1) is 12.0 Å². The molecule has 0 amide bonds. The average molecular weight is 306 g/mol. The van der Waals surface area contributed by atoms with E-state index in [4.69, 9.17) is 14.2 Å². The lowest BCUT2D eigenvalue weighted by atomic mass is 9.78. The number of carbonyl (C=O) groups excluding carboxylic acids is 2. The van der Waals surface area contributed by atoms with Gasteiger partial charge in [-0.25, -0.2) is 0 Å². The second-order valence-electron chi connectivity index (χ2n) is 7.40. The molecule has 5 nitrogen and oxygen atoms in total. The van der Waals surface area contributed by atoms with Gasteiger partial charge in [-0.15, -0.1) is 0 Å². The highest BCUT2D eigenvalue weighted by Crippen LogP contribution is 2.62. The number of fused-ring (bicyclic) bond motifs is 5. The van der Waals surface area contributed by atoms with Gasteiger partial charge in [-0.2, -0.15) is 0 Å². The molecule has 2 aliphatic carbocycles. The lowest BCUT2D eigenvalue weighted by Crippen LogP contribution is -2.41. The average Bonchev–Trinajstić information content (AvgIpc) is 2.88. The van der Waals surface area contributed by atoms with Crippen LogP contribution in [0.1, 0.15) is 40.5 Å². The van der Waals surface area contributed by atoms with Crippen LogP contribution >= 0.6 is 0 Å². The van der Waals surface area contributed by atoms with Crippen LogP contribution in [0.5, 0.6) is 0 Å². The summed E-state index contributed by atoms with van der Waals surface area (Å²) in [7, 11) is 0. The van der Waals surface area contributed by atoms with Crippen LogP contribution in [0.25, 0.3) is 0 Å². The van der Waals surface area contributed by atoms with E-state index in [-0.39, 0.29) is 53.6 Å². The zero-order valence-corrected chi connectivity index (χ0v) is 13.4. The number of hydrogen-bond acceptors (Lipinski definition) is 5. The van der Waals surface area contributed by atoms with E-state index in [2.05, 4.69) is 13.8 Å². The minimum Gasteiger partial charge on any atom is -0.462 e. The molecule has 7 atom stereocenters. The number of epoxide rings is 1. The molecule has 2 saturated heterocycles. The third-order valence-electron chi connectivity index (χ3n) is 6.09. The van der Waals surface area contributed by atoms with Gasteiger partial charge in [0.15, 0.2) is 0 Å². The molecule has 0 aromatic heterocycles. The van der Waals surface area contributed by atoms with Crippen LogP contribution in [0, 0.1) is 17.8 Å². The quantitative estimate of drug-likeness (QED) is 0.421. The van der Waals surface area contributed by atoms with Crippen molar-refractivity contribution >= 4 is 11.9 Å². The van der Waals surface area contributed by atoms with Crippen LogP contribution in [0.4, 0.5) is 0 Å². The highest BCUT2D eigenvalue weighted by molar-refractivity contribution is 5.75. The molecule has 3 fully saturated rings. The molecule has 1 saturated carbocycles. The SMILES string of the molecule is CC(=O)O[C@@H]1CC(C)=C2C[C@H]3O[C@@]3(C)[C@@H]2[C@H]2OC(=O)[C@H](C)[C@H]21. The molecule has 0 spiro atoms. The van der Waals surface area contributed by atoms with Gasteiger partial charge in [-0.1, -0.05) is 18.1 Å². The van der Waals surface area contributed by atoms with Gasteiger partial charge in [0.25, 0.3) is 0 Å². The Hall–Kier alpha value is -1.36. The highest BCUT2D eigenvalue weighted by atomic mass is 16.6. The Labute approximate surface area is 130 Å². The van der Waals surface area contributed by atoms with Crippen LogP contribution in [-0.2, 0) is 23.8 Å². The van der Waals surface area contributed by atoms with Crippen molar-refractivity contribution in [3.8, 4) is 0 Å². The van der Waals surface area contributed by atoms with E-state index in [9.17, 15) is 9.59 Å². The molecule has 5 heteroatoms. The standard InChI is InChI=1S/C17H22O5/c1-7-5-11(20-9(3)18)13-8(2)16(19)21-15(13)14-10(7)6-12-17(14,4)22-12/h8,11-15H,5-6H2,1-4H3/t8-,11-,12-,13+,14+,15+,17-/m1/s1. The smallest absolute Gasteiger partial charge is 0.309 e. The van der Waals surface area contributed by atoms with E-state index in [0.717, 1.165) is 6.42 Å². The Morgan fingerprint density at radius 2 is 2.09 bits per heavy atom. The largest absolute Gasteiger partial charge is 0.462 e. The Morgan fingerprint density at radius 3 is 2.77 bits per heavy atom. The first-order chi connectivity index (χ1) is 10.3. The monoisotopic (exact) mass is 306 g/mol. The summed E-state index contributed by atoms with van der Waals surface area (Å²) >= 11 is 0. The van der Waals surface area contributed by atoms with Gasteiger partial charge in [0.2, 0.25) is 0 Å². The van der Waals surface area contributed by atoms with E-state index in [1.807, 2.05) is 6.92 Å². The lowest BCUT2D eigenvalue weighted by molar-refractivity contribution is -0.151. The van der Waals surface area contributed by atoms with E-state index < -0.39 is 0 Å². The lowest BCUT2D eigenvalue weighted by Gasteiger charge is -2.30. The maximum Gasteiger partial charge on any atom is 0.309 e. The Kier molecular flexibility index (Phi) is 2.81. The fourth-order valence-corrected chi connectivity index (χ4v) is 4.92. The van der Waals surface area contributed by atoms with Crippen LogP contribution in [0.15, 0.2) is 11.1 Å². The molecule has 0 radical (unpaired) electrons. The number of rotatable bonds is 1. The Balaban J connectivity index is 1.77. The van der Waals surface area contributed by atoms with Crippen molar-refractivity contribution in [2.45, 2.75) is 64.4 Å². The number of hydrogen-bond donors (Lipinski definition) is 0. The molecule has 0 unspecified atom stereocenters. The maximum absolute atomic E-state index is 12.2. The Bertz CT molecular complexity index is 594. The first-order valence-electron chi connectivity index (χ1n) is 8.07. The topological polar surface area (TPSA) is 65.1 Å². The van der Waals surface area contributed by atoms with E-state index in [0.29, 0.717) is 6.42 Å². The third-order valence-corrected chi connectivity index (χ3v) is 6.09. The molecule has 22 heavy (non-hydrogen) atoms. The zero-order chi connectivity index (χ0) is 15.8. The summed E-state index contributed by atoms with van der Waals surface area (Å²) in [6, 6.07) is 0. The van der Waals surface area contributed by atoms with Gasteiger partial charge in [0, 0.05) is 25.2 Å². The molecule has 0 N–H and O–H groups in total. The molecular weight excluding hydrogens is 284 g/mol. The Morgan fingerprint density at radius 1 is 1.36 bits per heavy atom. The molecule has 4 rings (SSSR count). The van der Waals surface area contributed by atoms with Crippen molar-refractivity contribution < 1.29 is 23.8 Å². The van der Waals surface area contributed by atoms with Crippen molar-refractivity contribution in [1.29, 1.82) is 0 Å². The summed E-state index contributed by atoms with van der Waals surface area (Å²) in [5.74, 6) is -0.709. The summed E-state index contributed by atoms with van der Waals surface area (Å²) in [4.78, 5) is 23.7. The molecule has 0 aromatic rings. The van der Waals surface area contributed by atoms with Crippen LogP contribution in [0.2, 0.25) is 0 Å². The minimum atomic E-state index is -0.299. The number of ether oxygens (including phenoxy) is 3. The summed E-state index contributed by atoms with van der Waals surface area (Å²) in [5, 5.41) is 0. The summed E-state index contributed by atoms with van der Waals surface area (Å²) in [6.07, 6.45) is 1.33. The summed E-state index contributed by atoms with van der Waals surface area (Å²) < 4.78 is 17.2. The van der Waals surface area contributed by atoms with Gasteiger partial charge in [0.1, 0.15) is 17.8 Å². The molecule has 2 heterocycles. The predicted molar refractivity (Wildman–Crippen MR) is 76.8 cm³/mol. The van der Waals surface area contributed by atoms with Crippen molar-refractivity contribution in [3.05, 3.63) is 11.1 Å². The van der Waals surface area contributed by atoms with Crippen molar-refractivity contribution in [1.82, 2.24) is 0 Å². The van der Waals surface area contributed by atoms with Crippen LogP contribution in [0.3, 0.4) is 0 Å². The minimum absolute atomic E-state index is 0.0892. The maximum atomic E-state index is 12.2. The molecule has 2 aliphatic heterocycles. The van der Waals surface area contributed by atoms with Crippen molar-refractivity contribution in [2.24, 2.45) is 17.8 Å². The number of esters is 2. The molecular formula is C17H22O5. The van der Waals surface area contributed by atoms with Crippen molar-refractivity contribution in [3.63, 3.8) is 0 Å². The van der Waals surface area contributed by atoms with Gasteiger partial charge in [-0.05, 0) is 20.3 Å². The van der Waals surface area contributed by atoms with Crippen molar-refractivity contribution in [2.75, 3.05) is 0 Å². The molecule has 120 valence electrons. The van der Waals surface area contributed by atoms with E-state index >= 15 is 0 Å². The van der Waals surface area contributed by atoms with Gasteiger partial charge >= 0.3 is 11.9 Å². The third kappa shape index (κ3) is 1.75. The van der Waals surface area contributed by atoms with Gasteiger partial charge < -0.3 is 14.2 Å². The highest BCUT2D eigenvalue weighted by Gasteiger charge is 2.70. The van der Waals surface area contributed by atoms with Crippen LogP contribution in [-0.4, -0.2) is 35.9 Å². The fraction of sp³-hybridized carbons (Fsp3) is 0.765. The van der Waals surface area contributed by atoms with E-state index in [1.165, 1.54) is 18.1 Å². The summed E-state index contributed by atoms with van der Waals surface area (Å²) in [6.45, 7) is 7.53. The second-order valence-corrected chi connectivity index (χ2v) is 7.40. The summed E-state index contributed by atoms with van der Waals surface area (Å²) in [5.41, 5.74) is 2.41. The zero-order valence-electron chi connectivity index (χ0n) is 13.4. The van der Waals surface area contributed by atoms with E-state index in [1.54, 1.807) is 0 Å². The predicted octanol–water partition coefficient (Wildman–Crippen LogP) is 1.99. The molecule has 0 bridgehead atoms. The van der Waals surface area contributed by atoms with Crippen LogP contribution < -0.4 is 0 Å². The molecule has 4 aliphatic rings. The molecule has 0 aromatic carbocycles. The second kappa shape index (κ2) is 4.34. The number of carbonyl (C=O) groups is 2. The first kappa shape index (κ1) is 14.2. The fourth-order valence-electron chi connectivity index (χ4n) is 4.92. The van der Waals surface area contributed by atoms with Gasteiger partial charge in [-0.3, -0.25) is 9.59 Å². The normalized spacial score (nSPS) is 49.0. The first-order valence-corrected chi connectivity index (χ1v) is 8.07.